The Morgan fingerprint density at radius 2 is 1.71 bits per heavy atom. The van der Waals surface area contributed by atoms with Gasteiger partial charge in [0.25, 0.3) is 0 Å². The van der Waals surface area contributed by atoms with E-state index < -0.39 is 10.0 Å². The van der Waals surface area contributed by atoms with Gasteiger partial charge in [0.15, 0.2) is 0 Å². The van der Waals surface area contributed by atoms with Gasteiger partial charge in [0, 0.05) is 25.2 Å². The van der Waals surface area contributed by atoms with Crippen LogP contribution in [0.4, 0.5) is 0 Å². The van der Waals surface area contributed by atoms with Gasteiger partial charge >= 0.3 is 0 Å². The Hall–Kier alpha value is -1.86. The molecule has 1 heterocycles. The molecule has 0 aliphatic carbocycles. The normalized spacial score (nSPS) is 15.9. The molecule has 2 aromatic carbocycles. The summed E-state index contributed by atoms with van der Waals surface area (Å²) in [6.45, 7) is 0.961. The lowest BCUT2D eigenvalue weighted by Crippen LogP contribution is -2.46. The Balaban J connectivity index is 1.56. The number of sulfonamides is 1. The fraction of sp³-hybridized carbons (Fsp3) is 0.250. The summed E-state index contributed by atoms with van der Waals surface area (Å²) in [6, 6.07) is 13.3. The number of carbonyl (C=O) groups excluding carboxylic acids is 1. The lowest BCUT2D eigenvalue weighted by Gasteiger charge is -2.31. The zero-order valence-electron chi connectivity index (χ0n) is 15.0. The quantitative estimate of drug-likeness (QED) is 0.717. The van der Waals surface area contributed by atoms with Crippen molar-refractivity contribution in [2.24, 2.45) is 0 Å². The molecule has 1 fully saturated rings. The maximum Gasteiger partial charge on any atom is 0.246 e. The van der Waals surface area contributed by atoms with Crippen LogP contribution in [0.2, 0.25) is 10.0 Å². The molecule has 3 rings (SSSR count). The van der Waals surface area contributed by atoms with Gasteiger partial charge in [-0.25, -0.2) is 13.1 Å². The number of amides is 1. The van der Waals surface area contributed by atoms with Crippen molar-refractivity contribution in [3.63, 3.8) is 0 Å². The summed E-state index contributed by atoms with van der Waals surface area (Å²) in [5.74, 6) is -0.139. The van der Waals surface area contributed by atoms with E-state index in [1.54, 1.807) is 59.5 Å². The van der Waals surface area contributed by atoms with Crippen LogP contribution in [0.15, 0.2) is 59.5 Å². The molecule has 1 aliphatic heterocycles. The van der Waals surface area contributed by atoms with Crippen LogP contribution < -0.4 is 4.72 Å². The lowest BCUT2D eigenvalue weighted by molar-refractivity contribution is -0.126. The molecule has 0 unspecified atom stereocenters. The van der Waals surface area contributed by atoms with Crippen LogP contribution >= 0.6 is 23.2 Å². The standard InChI is InChI=1S/C20H20Cl2N2O3S/c21-18-8-4-5-15(20(18)22)9-10-19(25)24-13-11-16(12-14-24)23-28(26,27)17-6-2-1-3-7-17/h1-10,16,23H,11-14H2/b10-9+. The number of nitrogens with zero attached hydrogens (tertiary/aromatic N) is 1. The van der Waals surface area contributed by atoms with E-state index in [4.69, 9.17) is 23.2 Å². The zero-order chi connectivity index (χ0) is 20.1. The van der Waals surface area contributed by atoms with Crippen molar-refractivity contribution in [3.8, 4) is 0 Å². The Bertz CT molecular complexity index is 970. The summed E-state index contributed by atoms with van der Waals surface area (Å²) in [7, 11) is -3.55. The van der Waals surface area contributed by atoms with Crippen LogP contribution in [-0.4, -0.2) is 38.4 Å². The van der Waals surface area contributed by atoms with Crippen LogP contribution in [0, 0.1) is 0 Å². The van der Waals surface area contributed by atoms with Crippen LogP contribution in [0.5, 0.6) is 0 Å². The smallest absolute Gasteiger partial charge is 0.246 e. The van der Waals surface area contributed by atoms with Gasteiger partial charge in [-0.1, -0.05) is 53.5 Å². The fourth-order valence-electron chi connectivity index (χ4n) is 3.02. The molecule has 148 valence electrons. The van der Waals surface area contributed by atoms with E-state index in [1.807, 2.05) is 0 Å². The van der Waals surface area contributed by atoms with E-state index in [0.717, 1.165) is 0 Å². The summed E-state index contributed by atoms with van der Waals surface area (Å²) >= 11 is 12.1. The minimum atomic E-state index is -3.55. The first-order chi connectivity index (χ1) is 13.4. The third kappa shape index (κ3) is 5.14. The SMILES string of the molecule is O=C(/C=C/c1cccc(Cl)c1Cl)N1CCC(NS(=O)(=O)c2ccccc2)CC1. The molecule has 1 amide bonds. The summed E-state index contributed by atoms with van der Waals surface area (Å²) in [5.41, 5.74) is 0.674. The van der Waals surface area contributed by atoms with E-state index >= 15 is 0 Å². The molecule has 1 N–H and O–H groups in total. The van der Waals surface area contributed by atoms with Crippen molar-refractivity contribution in [1.82, 2.24) is 9.62 Å². The van der Waals surface area contributed by atoms with Gasteiger partial charge in [0.05, 0.1) is 14.9 Å². The van der Waals surface area contributed by atoms with Crippen LogP contribution in [0.3, 0.4) is 0 Å². The minimum Gasteiger partial charge on any atom is -0.339 e. The maximum atomic E-state index is 12.4. The maximum absolute atomic E-state index is 12.4. The molecular weight excluding hydrogens is 419 g/mol. The zero-order valence-corrected chi connectivity index (χ0v) is 17.3. The van der Waals surface area contributed by atoms with Crippen LogP contribution in [0.25, 0.3) is 6.08 Å². The van der Waals surface area contributed by atoms with E-state index in [2.05, 4.69) is 4.72 Å². The predicted octanol–water partition coefficient (Wildman–Crippen LogP) is 3.98. The first-order valence-corrected chi connectivity index (χ1v) is 11.1. The van der Waals surface area contributed by atoms with Crippen LogP contribution in [0.1, 0.15) is 18.4 Å². The summed E-state index contributed by atoms with van der Waals surface area (Å²) in [6.07, 6.45) is 4.22. The second-order valence-corrected chi connectivity index (χ2v) is 9.01. The van der Waals surface area contributed by atoms with Gasteiger partial charge < -0.3 is 4.90 Å². The Morgan fingerprint density at radius 1 is 1.04 bits per heavy atom. The number of rotatable bonds is 5. The van der Waals surface area contributed by atoms with E-state index in [-0.39, 0.29) is 16.8 Å². The van der Waals surface area contributed by atoms with Crippen molar-refractivity contribution in [2.75, 3.05) is 13.1 Å². The number of halogens is 2. The molecule has 0 spiro atoms. The highest BCUT2D eigenvalue weighted by molar-refractivity contribution is 7.89. The Labute approximate surface area is 175 Å². The molecule has 1 saturated heterocycles. The molecule has 0 radical (unpaired) electrons. The Morgan fingerprint density at radius 3 is 2.39 bits per heavy atom. The molecule has 1 aliphatic rings. The van der Waals surface area contributed by atoms with Gasteiger partial charge in [-0.2, -0.15) is 0 Å². The fourth-order valence-corrected chi connectivity index (χ4v) is 4.72. The van der Waals surface area contributed by atoms with Crippen molar-refractivity contribution in [2.45, 2.75) is 23.8 Å². The molecule has 0 saturated carbocycles. The third-order valence-electron chi connectivity index (χ3n) is 4.57. The summed E-state index contributed by atoms with van der Waals surface area (Å²) in [5, 5.41) is 0.838. The van der Waals surface area contributed by atoms with E-state index in [0.29, 0.717) is 41.5 Å². The number of hydrogen-bond acceptors (Lipinski definition) is 3. The van der Waals surface area contributed by atoms with E-state index in [9.17, 15) is 13.2 Å². The van der Waals surface area contributed by atoms with Crippen molar-refractivity contribution < 1.29 is 13.2 Å². The number of piperidine rings is 1. The molecule has 28 heavy (non-hydrogen) atoms. The highest BCUT2D eigenvalue weighted by atomic mass is 35.5. The number of hydrogen-bond donors (Lipinski definition) is 1. The number of carbonyl (C=O) groups is 1. The van der Waals surface area contributed by atoms with Gasteiger partial charge in [-0.15, -0.1) is 0 Å². The van der Waals surface area contributed by atoms with Gasteiger partial charge in [-0.05, 0) is 42.7 Å². The first-order valence-electron chi connectivity index (χ1n) is 8.85. The lowest BCUT2D eigenvalue weighted by atomic mass is 10.1. The topological polar surface area (TPSA) is 66.5 Å². The average Bonchev–Trinajstić information content (AvgIpc) is 2.70. The Kier molecular flexibility index (Phi) is 6.78. The second kappa shape index (κ2) is 9.09. The number of benzene rings is 2. The largest absolute Gasteiger partial charge is 0.339 e. The minimum absolute atomic E-state index is 0.139. The molecule has 0 bridgehead atoms. The van der Waals surface area contributed by atoms with Crippen molar-refractivity contribution in [1.29, 1.82) is 0 Å². The third-order valence-corrected chi connectivity index (χ3v) is 6.94. The highest BCUT2D eigenvalue weighted by Crippen LogP contribution is 2.26. The van der Waals surface area contributed by atoms with Gasteiger partial charge in [-0.3, -0.25) is 4.79 Å². The predicted molar refractivity (Wildman–Crippen MR) is 112 cm³/mol. The molecule has 0 atom stereocenters. The summed E-state index contributed by atoms with van der Waals surface area (Å²) in [4.78, 5) is 14.3. The van der Waals surface area contributed by atoms with Crippen molar-refractivity contribution in [3.05, 3.63) is 70.2 Å². The molecule has 0 aromatic heterocycles. The number of nitrogens with one attached hydrogen (secondary N) is 1. The van der Waals surface area contributed by atoms with Crippen LogP contribution in [-0.2, 0) is 14.8 Å². The monoisotopic (exact) mass is 438 g/mol. The molecule has 5 nitrogen and oxygen atoms in total. The number of likely N-dealkylation sites (tertiary alicyclic amines) is 1. The molecule has 2 aromatic rings. The average molecular weight is 439 g/mol. The van der Waals surface area contributed by atoms with Gasteiger partial charge in [0.2, 0.25) is 15.9 Å². The molecule has 8 heteroatoms. The first kappa shape index (κ1) is 20.9. The van der Waals surface area contributed by atoms with Gasteiger partial charge in [0.1, 0.15) is 0 Å². The van der Waals surface area contributed by atoms with E-state index in [1.165, 1.54) is 6.08 Å². The summed E-state index contributed by atoms with van der Waals surface area (Å²) < 4.78 is 27.5. The highest BCUT2D eigenvalue weighted by Gasteiger charge is 2.25. The molecular formula is C20H20Cl2N2O3S. The second-order valence-electron chi connectivity index (χ2n) is 6.51. The van der Waals surface area contributed by atoms with Crippen molar-refractivity contribution >= 4 is 45.2 Å².